The van der Waals surface area contributed by atoms with Crippen LogP contribution in [0.3, 0.4) is 0 Å². The van der Waals surface area contributed by atoms with Gasteiger partial charge in [0, 0.05) is 24.7 Å². The molecule has 0 heterocycles. The summed E-state index contributed by atoms with van der Waals surface area (Å²) in [5.74, 6) is -2.47. The molecule has 20 heavy (non-hydrogen) atoms. The van der Waals surface area contributed by atoms with Gasteiger partial charge in [0.2, 0.25) is 0 Å². The summed E-state index contributed by atoms with van der Waals surface area (Å²) in [6.07, 6.45) is 0. The van der Waals surface area contributed by atoms with Crippen molar-refractivity contribution in [3.63, 3.8) is 0 Å². The molecule has 0 radical (unpaired) electrons. The van der Waals surface area contributed by atoms with Gasteiger partial charge < -0.3 is 10.0 Å². The molecule has 1 atom stereocenters. The fourth-order valence-corrected chi connectivity index (χ4v) is 1.79. The average Bonchev–Trinajstić information content (AvgIpc) is 2.36. The minimum absolute atomic E-state index is 0.0577. The fraction of sp³-hybridized carbons (Fsp3) is 0.333. The lowest BCUT2D eigenvalue weighted by atomic mass is 10.1. The van der Waals surface area contributed by atoms with Gasteiger partial charge in [-0.15, -0.1) is 0 Å². The van der Waals surface area contributed by atoms with Gasteiger partial charge in [-0.2, -0.15) is 0 Å². The summed E-state index contributed by atoms with van der Waals surface area (Å²) < 4.78 is 0. The zero-order valence-corrected chi connectivity index (χ0v) is 11.6. The molecule has 108 valence electrons. The van der Waals surface area contributed by atoms with Crippen LogP contribution >= 0.6 is 11.6 Å². The number of amides is 1. The highest BCUT2D eigenvalue weighted by Crippen LogP contribution is 2.24. The first-order valence-corrected chi connectivity index (χ1v) is 6.04. The molecule has 1 rings (SSSR count). The zero-order valence-electron chi connectivity index (χ0n) is 10.9. The molecule has 8 heteroatoms. The quantitative estimate of drug-likeness (QED) is 0.662. The Balaban J connectivity index is 3.05. The van der Waals surface area contributed by atoms with Crippen LogP contribution in [0.4, 0.5) is 5.69 Å². The Morgan fingerprint density at radius 2 is 2.10 bits per heavy atom. The minimum atomic E-state index is -1.05. The van der Waals surface area contributed by atoms with Crippen LogP contribution in [-0.2, 0) is 4.79 Å². The molecule has 0 aliphatic rings. The molecule has 0 fully saturated rings. The Morgan fingerprint density at radius 1 is 1.50 bits per heavy atom. The first-order chi connectivity index (χ1) is 9.23. The van der Waals surface area contributed by atoms with Crippen LogP contribution in [0.1, 0.15) is 17.3 Å². The first-order valence-electron chi connectivity index (χ1n) is 5.66. The van der Waals surface area contributed by atoms with Gasteiger partial charge in [0.1, 0.15) is 5.56 Å². The van der Waals surface area contributed by atoms with Gasteiger partial charge in [-0.05, 0) is 12.1 Å². The number of hydrogen-bond donors (Lipinski definition) is 1. The summed E-state index contributed by atoms with van der Waals surface area (Å²) in [5.41, 5.74) is -0.531. The Kier molecular flexibility index (Phi) is 5.04. The molecule has 0 aliphatic heterocycles. The average molecular weight is 301 g/mol. The summed E-state index contributed by atoms with van der Waals surface area (Å²) in [5, 5.41) is 19.9. The van der Waals surface area contributed by atoms with Crippen molar-refractivity contribution in [1.29, 1.82) is 0 Å². The molecule has 0 aliphatic carbocycles. The number of aliphatic carboxylic acids is 1. The van der Waals surface area contributed by atoms with Crippen LogP contribution in [0.2, 0.25) is 5.02 Å². The third-order valence-corrected chi connectivity index (χ3v) is 2.94. The van der Waals surface area contributed by atoms with Gasteiger partial charge in [0.25, 0.3) is 11.6 Å². The van der Waals surface area contributed by atoms with Crippen LogP contribution < -0.4 is 0 Å². The van der Waals surface area contributed by atoms with Gasteiger partial charge >= 0.3 is 5.97 Å². The van der Waals surface area contributed by atoms with Crippen molar-refractivity contribution in [2.45, 2.75) is 6.92 Å². The number of halogens is 1. The third-order valence-electron chi connectivity index (χ3n) is 2.70. The number of hydrogen-bond acceptors (Lipinski definition) is 4. The normalized spacial score (nSPS) is 11.8. The summed E-state index contributed by atoms with van der Waals surface area (Å²) in [7, 11) is 1.38. The van der Waals surface area contributed by atoms with Crippen molar-refractivity contribution in [3.05, 3.63) is 38.9 Å². The number of carbonyl (C=O) groups excluding carboxylic acids is 1. The van der Waals surface area contributed by atoms with Gasteiger partial charge in [-0.25, -0.2) is 0 Å². The van der Waals surface area contributed by atoms with E-state index in [0.717, 1.165) is 11.0 Å². The van der Waals surface area contributed by atoms with Crippen LogP contribution in [0, 0.1) is 16.0 Å². The van der Waals surface area contributed by atoms with Gasteiger partial charge in [0.05, 0.1) is 10.8 Å². The van der Waals surface area contributed by atoms with E-state index in [0.29, 0.717) is 0 Å². The second kappa shape index (κ2) is 6.33. The van der Waals surface area contributed by atoms with Crippen LogP contribution in [0.25, 0.3) is 0 Å². The number of rotatable bonds is 5. The predicted octanol–water partition coefficient (Wildman–Crippen LogP) is 2.04. The molecule has 0 saturated heterocycles. The first kappa shape index (κ1) is 15.9. The smallest absolute Gasteiger partial charge is 0.308 e. The summed E-state index contributed by atoms with van der Waals surface area (Å²) in [6, 6.07) is 3.66. The van der Waals surface area contributed by atoms with E-state index in [9.17, 15) is 19.7 Å². The lowest BCUT2D eigenvalue weighted by Crippen LogP contribution is -2.34. The molecular weight excluding hydrogens is 288 g/mol. The van der Waals surface area contributed by atoms with E-state index in [1.165, 1.54) is 26.1 Å². The van der Waals surface area contributed by atoms with Crippen LogP contribution in [0.5, 0.6) is 0 Å². The van der Waals surface area contributed by atoms with E-state index >= 15 is 0 Å². The lowest BCUT2D eigenvalue weighted by molar-refractivity contribution is -0.385. The number of carboxylic acids is 1. The van der Waals surface area contributed by atoms with Gasteiger partial charge in [-0.1, -0.05) is 18.5 Å². The number of nitro groups is 1. The maximum absolute atomic E-state index is 12.2. The Bertz CT molecular complexity index is 561. The zero-order chi connectivity index (χ0) is 15.4. The fourth-order valence-electron chi connectivity index (χ4n) is 1.62. The van der Waals surface area contributed by atoms with Crippen molar-refractivity contribution in [2.24, 2.45) is 5.92 Å². The standard InChI is InChI=1S/C12H13ClN2O5/c1-7(12(17)18)6-14(2)11(16)9-5-8(13)3-4-10(9)15(19)20/h3-5,7H,6H2,1-2H3,(H,17,18). The molecular formula is C12H13ClN2O5. The Morgan fingerprint density at radius 3 is 2.60 bits per heavy atom. The van der Waals surface area contributed by atoms with E-state index in [4.69, 9.17) is 16.7 Å². The molecule has 0 aromatic heterocycles. The van der Waals surface area contributed by atoms with Gasteiger partial charge in [0.15, 0.2) is 0 Å². The van der Waals surface area contributed by atoms with Crippen LogP contribution in [-0.4, -0.2) is 40.4 Å². The Labute approximate surface area is 119 Å². The lowest BCUT2D eigenvalue weighted by Gasteiger charge is -2.19. The van der Waals surface area contributed by atoms with Crippen molar-refractivity contribution in [3.8, 4) is 0 Å². The third kappa shape index (κ3) is 3.67. The monoisotopic (exact) mass is 300 g/mol. The highest BCUT2D eigenvalue weighted by Gasteiger charge is 2.25. The van der Waals surface area contributed by atoms with Crippen molar-refractivity contribution in [2.75, 3.05) is 13.6 Å². The summed E-state index contributed by atoms with van der Waals surface area (Å²) in [4.78, 5) is 34.2. The molecule has 1 aromatic rings. The van der Waals surface area contributed by atoms with E-state index in [1.807, 2.05) is 0 Å². The molecule has 1 aromatic carbocycles. The van der Waals surface area contributed by atoms with Crippen molar-refractivity contribution < 1.29 is 19.6 Å². The molecule has 1 unspecified atom stereocenters. The molecule has 7 nitrogen and oxygen atoms in total. The number of nitro benzene ring substituents is 1. The SMILES string of the molecule is CC(CN(C)C(=O)c1cc(Cl)ccc1[N+](=O)[O-])C(=O)O. The van der Waals surface area contributed by atoms with E-state index < -0.39 is 22.7 Å². The second-order valence-electron chi connectivity index (χ2n) is 4.34. The van der Waals surface area contributed by atoms with E-state index in [1.54, 1.807) is 0 Å². The molecule has 0 spiro atoms. The molecule has 0 saturated carbocycles. The second-order valence-corrected chi connectivity index (χ2v) is 4.78. The summed E-state index contributed by atoms with van der Waals surface area (Å²) in [6.45, 7) is 1.39. The maximum atomic E-state index is 12.2. The highest BCUT2D eigenvalue weighted by molar-refractivity contribution is 6.31. The van der Waals surface area contributed by atoms with E-state index in [2.05, 4.69) is 0 Å². The number of benzene rings is 1. The minimum Gasteiger partial charge on any atom is -0.481 e. The topological polar surface area (TPSA) is 101 Å². The summed E-state index contributed by atoms with van der Waals surface area (Å²) >= 11 is 5.74. The van der Waals surface area contributed by atoms with Crippen molar-refractivity contribution in [1.82, 2.24) is 4.90 Å². The van der Waals surface area contributed by atoms with Gasteiger partial charge in [-0.3, -0.25) is 19.7 Å². The molecule has 0 bridgehead atoms. The maximum Gasteiger partial charge on any atom is 0.308 e. The number of carboxylic acid groups (broad SMARTS) is 1. The van der Waals surface area contributed by atoms with E-state index in [-0.39, 0.29) is 22.8 Å². The highest BCUT2D eigenvalue weighted by atomic mass is 35.5. The van der Waals surface area contributed by atoms with Crippen molar-refractivity contribution >= 4 is 29.2 Å². The van der Waals surface area contributed by atoms with Crippen LogP contribution in [0.15, 0.2) is 18.2 Å². The number of carbonyl (C=O) groups is 2. The molecule has 1 amide bonds. The molecule has 1 N–H and O–H groups in total. The predicted molar refractivity (Wildman–Crippen MR) is 71.9 cm³/mol. The Hall–Kier alpha value is -2.15. The number of nitrogens with zero attached hydrogens (tertiary/aromatic N) is 2. The largest absolute Gasteiger partial charge is 0.481 e.